The Morgan fingerprint density at radius 2 is 0.741 bits per heavy atom. The van der Waals surface area contributed by atoms with Crippen molar-refractivity contribution >= 4 is 34.1 Å². The molecule has 0 radical (unpaired) electrons. The zero-order valence-electron chi connectivity index (χ0n) is 51.9. The molecular weight excluding hydrogens is 1060 g/mol. The molecule has 4 atom stereocenters. The second-order valence-corrected chi connectivity index (χ2v) is 30.3. The summed E-state index contributed by atoms with van der Waals surface area (Å²) in [5, 5.41) is 2.33. The third-order valence-corrected chi connectivity index (χ3v) is 28.0. The predicted molar refractivity (Wildman–Crippen MR) is 347 cm³/mol. The van der Waals surface area contributed by atoms with Gasteiger partial charge in [0, 0.05) is 110 Å². The quantitative estimate of drug-likeness (QED) is 0.175. The molecule has 438 valence electrons. The lowest BCUT2D eigenvalue weighted by Gasteiger charge is -2.69. The smallest absolute Gasteiger partial charge is 0.117 e. The van der Waals surface area contributed by atoms with Gasteiger partial charge in [-0.3, -0.25) is 0 Å². The van der Waals surface area contributed by atoms with E-state index >= 15 is 0 Å². The second kappa shape index (κ2) is 17.9. The molecule has 4 unspecified atom stereocenters. The summed E-state index contributed by atoms with van der Waals surface area (Å²) < 4.78 is 13.9. The summed E-state index contributed by atoms with van der Waals surface area (Å²) in [4.78, 5) is 12.8. The monoisotopic (exact) mass is 1150 g/mol. The number of benzene rings is 4. The molecule has 24 aliphatic rings. The van der Waals surface area contributed by atoms with Gasteiger partial charge in [0.05, 0.1) is 40.9 Å². The van der Waals surface area contributed by atoms with Crippen LogP contribution in [0.4, 0.5) is 22.7 Å². The van der Waals surface area contributed by atoms with Crippen molar-refractivity contribution < 1.29 is 8.83 Å². The molecule has 16 heterocycles. The summed E-state index contributed by atoms with van der Waals surface area (Å²) in [5.41, 5.74) is 23.0. The third kappa shape index (κ3) is 6.39. The van der Waals surface area contributed by atoms with Crippen LogP contribution in [0.5, 0.6) is 0 Å². The van der Waals surface area contributed by atoms with Crippen LogP contribution in [0.2, 0.25) is 0 Å². The van der Waals surface area contributed by atoms with Gasteiger partial charge in [-0.15, -0.1) is 11.3 Å². The Morgan fingerprint density at radius 3 is 1.22 bits per heavy atom. The fourth-order valence-electron chi connectivity index (χ4n) is 22.6. The molecule has 8 saturated heterocycles. The molecule has 12 aliphatic carbocycles. The second-order valence-electron chi connectivity index (χ2n) is 29.4. The van der Waals surface area contributed by atoms with Crippen molar-refractivity contribution in [2.45, 2.75) is 226 Å². The Labute approximate surface area is 509 Å². The highest BCUT2D eigenvalue weighted by Crippen LogP contribution is 2.71. The summed E-state index contributed by atoms with van der Waals surface area (Å²) in [6.07, 6.45) is 32.0. The normalized spacial score (nSPS) is 35.8. The number of aryl methyl sites for hydroxylation is 5. The van der Waals surface area contributed by atoms with E-state index in [4.69, 9.17) is 8.83 Å². The van der Waals surface area contributed by atoms with Crippen LogP contribution in [-0.4, -0.2) is 28.7 Å². The lowest BCUT2D eigenvalue weighted by molar-refractivity contribution is 0.0365. The van der Waals surface area contributed by atoms with E-state index in [2.05, 4.69) is 214 Å². The minimum absolute atomic E-state index is 0.174. The number of piperidine rings is 8. The van der Waals surface area contributed by atoms with Gasteiger partial charge in [-0.2, -0.15) is 0 Å². The van der Waals surface area contributed by atoms with Crippen LogP contribution >= 0.6 is 11.3 Å². The van der Waals surface area contributed by atoms with E-state index in [0.29, 0.717) is 40.4 Å². The molecule has 0 N–H and O–H groups in total. The molecule has 85 heavy (non-hydrogen) atoms. The molecule has 4 aromatic carbocycles. The van der Waals surface area contributed by atoms with Gasteiger partial charge in [0.25, 0.3) is 0 Å². The highest BCUT2D eigenvalue weighted by molar-refractivity contribution is 7.10. The lowest BCUT2D eigenvalue weighted by Crippen LogP contribution is -2.71. The van der Waals surface area contributed by atoms with E-state index in [9.17, 15) is 0 Å². The number of rotatable bonds is 4. The van der Waals surface area contributed by atoms with E-state index in [1.54, 1.807) is 21.6 Å². The van der Waals surface area contributed by atoms with E-state index in [0.717, 1.165) is 0 Å². The minimum Gasteiger partial charge on any atom is -0.472 e. The van der Waals surface area contributed by atoms with E-state index in [-0.39, 0.29) is 27.6 Å². The summed E-state index contributed by atoms with van der Waals surface area (Å²) in [6, 6.07) is 42.6. The van der Waals surface area contributed by atoms with Crippen LogP contribution in [0, 0.1) is 27.7 Å². The van der Waals surface area contributed by atoms with E-state index < -0.39 is 0 Å². The number of para-hydroxylation sites is 4. The fraction of sp³-hybridized carbons (Fsp3) is 0.481. The SMILES string of the molecule is Cc1ccccc1N1C(C)C23CCC1(CC2)c1ccoc13.Cc1ccccc1N1C(C)C23CCC1(CC2)c1ccsc13.Cc1ccccc1N1C(C)C23CCC1(CC2)c1cn(C)cc13.Cc1ccccc1N1C(C)C23CCC1(CC2)c1cocc13. The molecule has 12 aliphatic heterocycles. The summed E-state index contributed by atoms with van der Waals surface area (Å²) in [6.45, 7) is 18.8. The molecule has 8 aromatic rings. The Balaban J connectivity index is 0.0000000889. The number of thiophene rings is 1. The molecule has 32 rings (SSSR count). The van der Waals surface area contributed by atoms with Crippen molar-refractivity contribution in [3.63, 3.8) is 0 Å². The van der Waals surface area contributed by atoms with Gasteiger partial charge < -0.3 is 33.0 Å². The van der Waals surface area contributed by atoms with Gasteiger partial charge >= 0.3 is 0 Å². The van der Waals surface area contributed by atoms with E-state index in [1.807, 2.05) is 30.1 Å². The van der Waals surface area contributed by atoms with Gasteiger partial charge in [-0.05, 0) is 239 Å². The highest BCUT2D eigenvalue weighted by atomic mass is 32.1. The van der Waals surface area contributed by atoms with Gasteiger partial charge in [-0.1, -0.05) is 72.8 Å². The topological polar surface area (TPSA) is 44.2 Å². The largest absolute Gasteiger partial charge is 0.472 e. The average molecular weight is 1150 g/mol. The van der Waals surface area contributed by atoms with Crippen LogP contribution in [-0.2, 0) is 50.9 Å². The van der Waals surface area contributed by atoms with Crippen LogP contribution in [0.1, 0.15) is 197 Å². The number of anilines is 4. The molecule has 0 amide bonds. The molecule has 8 heteroatoms. The van der Waals surface area contributed by atoms with Crippen LogP contribution < -0.4 is 19.6 Å². The van der Waals surface area contributed by atoms with Crippen LogP contribution in [0.15, 0.2) is 155 Å². The molecule has 7 nitrogen and oxygen atoms in total. The number of hydrogen-bond donors (Lipinski definition) is 0. The molecule has 12 fully saturated rings. The highest BCUT2D eigenvalue weighted by Gasteiger charge is 2.70. The van der Waals surface area contributed by atoms with Crippen LogP contribution in [0.25, 0.3) is 0 Å². The van der Waals surface area contributed by atoms with Gasteiger partial charge in [-0.25, -0.2) is 0 Å². The standard InChI is InChI=1S/C20H24N2.2C19H21NO.C19H21NS/c1-14-6-4-5-7-18(14)22-15(2)19-8-10-20(22,11-9-19)17-13-21(3)12-16(17)19;1-13-5-3-4-6-16(13)20-14(2)18-8-10-19(20,11-9-18)15-7-12-21-17(15)18;1-13-5-3-4-6-17(13)20-14(2)18-7-9-19(20,10-8-18)16-12-21-11-15(16)18;1-13-5-3-4-6-16(13)20-14(2)18-8-10-19(20,11-9-18)15-7-12-21-17(15)18/h4-7,12-13,15H,8-11H2,1-3H3;3-7,12,14H,8-11H2,1-2H3;3-6,11-12,14H,7-10H2,1-2H3;3-7,12,14H,8-11H2,1-2H3. The Bertz CT molecular complexity index is 3650. The average Bonchev–Trinajstić information content (AvgIpc) is 1.92. The Morgan fingerprint density at radius 1 is 0.376 bits per heavy atom. The van der Waals surface area contributed by atoms with Gasteiger partial charge in [0.2, 0.25) is 0 Å². The molecule has 4 aromatic heterocycles. The van der Waals surface area contributed by atoms with Crippen molar-refractivity contribution in [3.05, 3.63) is 212 Å². The van der Waals surface area contributed by atoms with Crippen molar-refractivity contribution in [2.24, 2.45) is 7.05 Å². The summed E-state index contributed by atoms with van der Waals surface area (Å²) in [5.74, 6) is 1.30. The number of furan rings is 2. The number of hydrogen-bond acceptors (Lipinski definition) is 7. The fourth-order valence-corrected chi connectivity index (χ4v) is 23.9. The first-order chi connectivity index (χ1) is 41.2. The maximum absolute atomic E-state index is 5.97. The molecule has 0 spiro atoms. The zero-order valence-corrected chi connectivity index (χ0v) is 52.8. The zero-order chi connectivity index (χ0) is 57.8. The van der Waals surface area contributed by atoms with Gasteiger partial charge in [0.1, 0.15) is 5.76 Å². The summed E-state index contributed by atoms with van der Waals surface area (Å²) >= 11 is 2.02. The van der Waals surface area contributed by atoms with Crippen molar-refractivity contribution in [1.29, 1.82) is 0 Å². The van der Waals surface area contributed by atoms with Crippen LogP contribution in [0.3, 0.4) is 0 Å². The Kier molecular flexibility index (Phi) is 11.1. The molecule has 8 bridgehead atoms. The lowest BCUT2D eigenvalue weighted by atomic mass is 9.48. The van der Waals surface area contributed by atoms with E-state index in [1.165, 1.54) is 170 Å². The molecule has 4 saturated carbocycles. The number of aromatic nitrogens is 1. The third-order valence-electron chi connectivity index (χ3n) is 26.9. The Hall–Kier alpha value is -6.38. The minimum atomic E-state index is 0.174. The maximum atomic E-state index is 5.97. The molecular formula is C77H87N5O2S. The van der Waals surface area contributed by atoms with Crippen molar-refractivity contribution in [1.82, 2.24) is 4.57 Å². The maximum Gasteiger partial charge on any atom is 0.117 e. The first-order valence-electron chi connectivity index (χ1n) is 33.0. The van der Waals surface area contributed by atoms with Crippen molar-refractivity contribution in [2.75, 3.05) is 19.6 Å². The van der Waals surface area contributed by atoms with Gasteiger partial charge in [0.15, 0.2) is 0 Å². The van der Waals surface area contributed by atoms with Crippen molar-refractivity contribution in [3.8, 4) is 0 Å². The number of nitrogens with zero attached hydrogens (tertiary/aromatic N) is 5. The predicted octanol–water partition coefficient (Wildman–Crippen LogP) is 18.3. The summed E-state index contributed by atoms with van der Waals surface area (Å²) in [7, 11) is 2.19. The first-order valence-corrected chi connectivity index (χ1v) is 33.8. The first kappa shape index (κ1) is 52.9.